The minimum Gasteiger partial charge on any atom is -0.507 e. The van der Waals surface area contributed by atoms with E-state index in [1.165, 1.54) is 26.2 Å². The highest BCUT2D eigenvalue weighted by molar-refractivity contribution is 6.03. The van der Waals surface area contributed by atoms with Crippen molar-refractivity contribution in [3.63, 3.8) is 0 Å². The molecule has 0 spiro atoms. The highest BCUT2D eigenvalue weighted by Gasteiger charge is 2.15. The summed E-state index contributed by atoms with van der Waals surface area (Å²) in [5.41, 5.74) is 2.00. The highest BCUT2D eigenvalue weighted by Crippen LogP contribution is 2.32. The number of rotatable bonds is 4. The van der Waals surface area contributed by atoms with Crippen LogP contribution in [-0.4, -0.2) is 24.0 Å². The van der Waals surface area contributed by atoms with Gasteiger partial charge >= 0.3 is 6.03 Å². The molecular formula is C17H18N2O4. The molecule has 120 valence electrons. The van der Waals surface area contributed by atoms with Gasteiger partial charge in [0, 0.05) is 11.8 Å². The smallest absolute Gasteiger partial charge is 0.323 e. The molecule has 0 aliphatic carbocycles. The lowest BCUT2D eigenvalue weighted by Crippen LogP contribution is -2.20. The summed E-state index contributed by atoms with van der Waals surface area (Å²) in [4.78, 5) is 23.7. The van der Waals surface area contributed by atoms with E-state index in [0.717, 1.165) is 5.56 Å². The van der Waals surface area contributed by atoms with E-state index in [1.807, 2.05) is 25.1 Å². The lowest BCUT2D eigenvalue weighted by atomic mass is 10.1. The molecule has 0 aliphatic heterocycles. The Morgan fingerprint density at radius 2 is 1.74 bits per heavy atom. The monoisotopic (exact) mass is 314 g/mol. The summed E-state index contributed by atoms with van der Waals surface area (Å²) in [6.07, 6.45) is 0. The predicted molar refractivity (Wildman–Crippen MR) is 88.5 cm³/mol. The van der Waals surface area contributed by atoms with Crippen molar-refractivity contribution in [2.75, 3.05) is 17.7 Å². The number of aryl methyl sites for hydroxylation is 1. The van der Waals surface area contributed by atoms with Gasteiger partial charge in [-0.2, -0.15) is 0 Å². The van der Waals surface area contributed by atoms with Gasteiger partial charge in [0.25, 0.3) is 0 Å². The zero-order valence-corrected chi connectivity index (χ0v) is 13.1. The van der Waals surface area contributed by atoms with Gasteiger partial charge in [-0.1, -0.05) is 18.2 Å². The molecule has 6 heteroatoms. The predicted octanol–water partition coefficient (Wildman–Crippen LogP) is 3.56. The number of hydrogen-bond donors (Lipinski definition) is 3. The molecule has 0 unspecified atom stereocenters. The number of carbonyl (C=O) groups is 2. The molecule has 0 aromatic heterocycles. The summed E-state index contributed by atoms with van der Waals surface area (Å²) in [5.74, 6) is -0.251. The van der Waals surface area contributed by atoms with Gasteiger partial charge < -0.3 is 20.5 Å². The molecule has 0 radical (unpaired) electrons. The minimum atomic E-state index is -0.474. The number of aromatic hydroxyl groups is 1. The number of methoxy groups -OCH3 is 1. The molecule has 0 aliphatic rings. The van der Waals surface area contributed by atoms with Crippen molar-refractivity contribution in [1.82, 2.24) is 0 Å². The second-order valence-corrected chi connectivity index (χ2v) is 5.02. The van der Waals surface area contributed by atoms with E-state index in [9.17, 15) is 14.7 Å². The maximum Gasteiger partial charge on any atom is 0.323 e. The third kappa shape index (κ3) is 3.79. The first-order valence-corrected chi connectivity index (χ1v) is 6.98. The number of anilines is 2. The molecule has 2 rings (SSSR count). The van der Waals surface area contributed by atoms with Gasteiger partial charge in [0.2, 0.25) is 0 Å². The van der Waals surface area contributed by atoms with Crippen LogP contribution in [-0.2, 0) is 0 Å². The van der Waals surface area contributed by atoms with Crippen molar-refractivity contribution in [2.45, 2.75) is 13.8 Å². The summed E-state index contributed by atoms with van der Waals surface area (Å²) < 4.78 is 5.12. The van der Waals surface area contributed by atoms with Crippen LogP contribution in [0.4, 0.5) is 16.2 Å². The van der Waals surface area contributed by atoms with Gasteiger partial charge in [-0.15, -0.1) is 0 Å². The summed E-state index contributed by atoms with van der Waals surface area (Å²) >= 11 is 0. The zero-order valence-electron chi connectivity index (χ0n) is 13.1. The van der Waals surface area contributed by atoms with Crippen LogP contribution in [0.1, 0.15) is 22.8 Å². The number of benzene rings is 2. The summed E-state index contributed by atoms with van der Waals surface area (Å²) in [6, 6.07) is 9.55. The van der Waals surface area contributed by atoms with E-state index < -0.39 is 6.03 Å². The Hall–Kier alpha value is -3.02. The Bertz CT molecular complexity index is 756. The Morgan fingerprint density at radius 3 is 2.35 bits per heavy atom. The molecule has 0 atom stereocenters. The topological polar surface area (TPSA) is 87.7 Å². The molecule has 3 N–H and O–H groups in total. The second kappa shape index (κ2) is 6.83. The Kier molecular flexibility index (Phi) is 4.85. The van der Waals surface area contributed by atoms with Gasteiger partial charge in [0.15, 0.2) is 5.78 Å². The first-order valence-electron chi connectivity index (χ1n) is 6.98. The lowest BCUT2D eigenvalue weighted by Gasteiger charge is -2.14. The second-order valence-electron chi connectivity index (χ2n) is 5.02. The van der Waals surface area contributed by atoms with Gasteiger partial charge in [-0.3, -0.25) is 4.79 Å². The fourth-order valence-corrected chi connectivity index (χ4v) is 2.11. The van der Waals surface area contributed by atoms with Gasteiger partial charge in [-0.05, 0) is 31.5 Å². The lowest BCUT2D eigenvalue weighted by molar-refractivity contribution is 0.101. The van der Waals surface area contributed by atoms with E-state index in [2.05, 4.69) is 10.6 Å². The number of ether oxygens (including phenoxy) is 1. The Labute approximate surface area is 134 Å². The standard InChI is InChI=1S/C17H18N2O4/c1-10-6-4-5-7-13(10)18-17(22)19-14-8-12(11(2)20)15(21)9-16(14)23-3/h4-9,21H,1-3H3,(H2,18,19,22). The number of Topliss-reactive ketones (excluding diaryl/α,β-unsaturated/α-hetero) is 1. The molecule has 0 fully saturated rings. The maximum atomic E-state index is 12.1. The number of para-hydroxylation sites is 1. The van der Waals surface area contributed by atoms with Crippen LogP contribution in [0.3, 0.4) is 0 Å². The van der Waals surface area contributed by atoms with Crippen LogP contribution in [0.25, 0.3) is 0 Å². The molecule has 0 saturated heterocycles. The highest BCUT2D eigenvalue weighted by atomic mass is 16.5. The molecule has 23 heavy (non-hydrogen) atoms. The average Bonchev–Trinajstić information content (AvgIpc) is 2.50. The van der Waals surface area contributed by atoms with E-state index in [4.69, 9.17) is 4.74 Å². The van der Waals surface area contributed by atoms with Crippen molar-refractivity contribution in [1.29, 1.82) is 0 Å². The summed E-state index contributed by atoms with van der Waals surface area (Å²) in [5, 5.41) is 15.1. The number of amides is 2. The minimum absolute atomic E-state index is 0.108. The number of phenols is 1. The maximum absolute atomic E-state index is 12.1. The number of phenolic OH excluding ortho intramolecular Hbond substituents is 1. The quantitative estimate of drug-likeness (QED) is 0.595. The van der Waals surface area contributed by atoms with E-state index >= 15 is 0 Å². The van der Waals surface area contributed by atoms with E-state index in [-0.39, 0.29) is 22.8 Å². The molecular weight excluding hydrogens is 296 g/mol. The van der Waals surface area contributed by atoms with Crippen molar-refractivity contribution < 1.29 is 19.4 Å². The number of hydrogen-bond acceptors (Lipinski definition) is 4. The number of nitrogens with one attached hydrogen (secondary N) is 2. The third-order valence-corrected chi connectivity index (χ3v) is 3.34. The molecule has 2 amide bonds. The van der Waals surface area contributed by atoms with Crippen molar-refractivity contribution >= 4 is 23.2 Å². The first-order chi connectivity index (χ1) is 10.9. The largest absolute Gasteiger partial charge is 0.507 e. The fourth-order valence-electron chi connectivity index (χ4n) is 2.11. The Balaban J connectivity index is 2.25. The normalized spacial score (nSPS) is 10.0. The molecule has 2 aromatic rings. The Morgan fingerprint density at radius 1 is 1.09 bits per heavy atom. The first kappa shape index (κ1) is 16.4. The van der Waals surface area contributed by atoms with Crippen LogP contribution < -0.4 is 15.4 Å². The summed E-state index contributed by atoms with van der Waals surface area (Å²) in [6.45, 7) is 3.21. The SMILES string of the molecule is COc1cc(O)c(C(C)=O)cc1NC(=O)Nc1ccccc1C. The van der Waals surface area contributed by atoms with Crippen molar-refractivity contribution in [3.05, 3.63) is 47.5 Å². The molecule has 2 aromatic carbocycles. The van der Waals surface area contributed by atoms with Crippen LogP contribution in [0.5, 0.6) is 11.5 Å². The van der Waals surface area contributed by atoms with Crippen LogP contribution >= 0.6 is 0 Å². The van der Waals surface area contributed by atoms with Gasteiger partial charge in [-0.25, -0.2) is 4.79 Å². The molecule has 0 heterocycles. The third-order valence-electron chi connectivity index (χ3n) is 3.34. The summed E-state index contributed by atoms with van der Waals surface area (Å²) in [7, 11) is 1.41. The average molecular weight is 314 g/mol. The van der Waals surface area contributed by atoms with Crippen LogP contribution in [0.2, 0.25) is 0 Å². The van der Waals surface area contributed by atoms with Crippen molar-refractivity contribution in [2.24, 2.45) is 0 Å². The van der Waals surface area contributed by atoms with Gasteiger partial charge in [0.1, 0.15) is 11.5 Å². The van der Waals surface area contributed by atoms with Crippen LogP contribution in [0.15, 0.2) is 36.4 Å². The number of carbonyl (C=O) groups excluding carboxylic acids is 2. The van der Waals surface area contributed by atoms with E-state index in [1.54, 1.807) is 6.07 Å². The molecule has 6 nitrogen and oxygen atoms in total. The van der Waals surface area contributed by atoms with Crippen LogP contribution in [0, 0.1) is 6.92 Å². The van der Waals surface area contributed by atoms with Crippen molar-refractivity contribution in [3.8, 4) is 11.5 Å². The van der Waals surface area contributed by atoms with E-state index in [0.29, 0.717) is 11.4 Å². The molecule has 0 bridgehead atoms. The van der Waals surface area contributed by atoms with Gasteiger partial charge in [0.05, 0.1) is 18.4 Å². The number of ketones is 1. The fraction of sp³-hybridized carbons (Fsp3) is 0.176. The zero-order chi connectivity index (χ0) is 17.0. The molecule has 0 saturated carbocycles. The number of urea groups is 1.